The molecule has 3 atom stereocenters. The van der Waals surface area contributed by atoms with Gasteiger partial charge in [0, 0.05) is 13.1 Å². The number of nitrogens with zero attached hydrogens (tertiary/aromatic N) is 1. The van der Waals surface area contributed by atoms with Crippen LogP contribution in [0, 0.1) is 23.7 Å². The standard InChI is InChI=1S/C16H32N2/c1-13(2)9-17-10-15-7-8-18(11-15)12-16-6-4-5-14(16)3/h13-17H,4-12H2,1-3H3. The fourth-order valence-electron chi connectivity index (χ4n) is 3.65. The maximum atomic E-state index is 3.62. The van der Waals surface area contributed by atoms with Crippen LogP contribution in [0.4, 0.5) is 0 Å². The molecule has 0 spiro atoms. The second kappa shape index (κ2) is 6.91. The van der Waals surface area contributed by atoms with Crippen molar-refractivity contribution in [3.05, 3.63) is 0 Å². The summed E-state index contributed by atoms with van der Waals surface area (Å²) in [7, 11) is 0. The van der Waals surface area contributed by atoms with Crippen LogP contribution in [0.3, 0.4) is 0 Å². The molecule has 1 aliphatic heterocycles. The molecule has 2 nitrogen and oxygen atoms in total. The van der Waals surface area contributed by atoms with Crippen LogP contribution < -0.4 is 5.32 Å². The molecule has 0 bridgehead atoms. The fraction of sp³-hybridized carbons (Fsp3) is 1.00. The average molecular weight is 252 g/mol. The lowest BCUT2D eigenvalue weighted by Gasteiger charge is -2.23. The van der Waals surface area contributed by atoms with Gasteiger partial charge in [-0.25, -0.2) is 0 Å². The Morgan fingerprint density at radius 2 is 2.06 bits per heavy atom. The first-order chi connectivity index (χ1) is 8.65. The molecule has 0 aromatic rings. The minimum absolute atomic E-state index is 0.779. The van der Waals surface area contributed by atoms with Crippen molar-refractivity contribution in [3.8, 4) is 0 Å². The van der Waals surface area contributed by atoms with Gasteiger partial charge in [-0.05, 0) is 56.1 Å². The Balaban J connectivity index is 1.62. The summed E-state index contributed by atoms with van der Waals surface area (Å²) in [6.45, 7) is 13.5. The van der Waals surface area contributed by atoms with E-state index in [1.807, 2.05) is 0 Å². The van der Waals surface area contributed by atoms with Gasteiger partial charge < -0.3 is 10.2 Å². The molecule has 2 heteroatoms. The lowest BCUT2D eigenvalue weighted by molar-refractivity contribution is 0.241. The Bertz CT molecular complexity index is 239. The summed E-state index contributed by atoms with van der Waals surface area (Å²) in [5.74, 6) is 3.65. The van der Waals surface area contributed by atoms with Crippen LogP contribution >= 0.6 is 0 Å². The van der Waals surface area contributed by atoms with E-state index in [4.69, 9.17) is 0 Å². The number of likely N-dealkylation sites (tertiary alicyclic amines) is 1. The first-order valence-corrected chi connectivity index (χ1v) is 8.08. The molecule has 1 heterocycles. The fourth-order valence-corrected chi connectivity index (χ4v) is 3.65. The third-order valence-corrected chi connectivity index (χ3v) is 4.89. The molecule has 0 aromatic heterocycles. The van der Waals surface area contributed by atoms with Crippen molar-refractivity contribution < 1.29 is 0 Å². The molecular formula is C16H32N2. The topological polar surface area (TPSA) is 15.3 Å². The van der Waals surface area contributed by atoms with Gasteiger partial charge in [-0.1, -0.05) is 33.6 Å². The van der Waals surface area contributed by atoms with E-state index < -0.39 is 0 Å². The maximum Gasteiger partial charge on any atom is 0.00224 e. The Labute approximate surface area is 114 Å². The number of rotatable bonds is 6. The maximum absolute atomic E-state index is 3.62. The van der Waals surface area contributed by atoms with Gasteiger partial charge in [0.25, 0.3) is 0 Å². The molecule has 1 saturated carbocycles. The summed E-state index contributed by atoms with van der Waals surface area (Å²) in [5, 5.41) is 3.62. The highest BCUT2D eigenvalue weighted by atomic mass is 15.2. The molecule has 2 rings (SSSR count). The van der Waals surface area contributed by atoms with Crippen molar-refractivity contribution in [1.29, 1.82) is 0 Å². The van der Waals surface area contributed by atoms with Crippen LogP contribution in [0.15, 0.2) is 0 Å². The highest BCUT2D eigenvalue weighted by Gasteiger charge is 2.29. The zero-order valence-electron chi connectivity index (χ0n) is 12.6. The van der Waals surface area contributed by atoms with Crippen LogP contribution in [0.1, 0.15) is 46.5 Å². The zero-order valence-corrected chi connectivity index (χ0v) is 12.6. The quantitative estimate of drug-likeness (QED) is 0.782. The molecule has 0 amide bonds. The van der Waals surface area contributed by atoms with E-state index >= 15 is 0 Å². The van der Waals surface area contributed by atoms with Gasteiger partial charge in [0.15, 0.2) is 0 Å². The lowest BCUT2D eigenvalue weighted by atomic mass is 9.98. The van der Waals surface area contributed by atoms with Crippen molar-refractivity contribution in [2.45, 2.75) is 46.5 Å². The van der Waals surface area contributed by atoms with Crippen molar-refractivity contribution in [3.63, 3.8) is 0 Å². The summed E-state index contributed by atoms with van der Waals surface area (Å²) < 4.78 is 0. The monoisotopic (exact) mass is 252 g/mol. The predicted molar refractivity (Wildman–Crippen MR) is 78.8 cm³/mol. The number of hydrogen-bond acceptors (Lipinski definition) is 2. The van der Waals surface area contributed by atoms with Gasteiger partial charge >= 0.3 is 0 Å². The highest BCUT2D eigenvalue weighted by molar-refractivity contribution is 4.82. The Kier molecular flexibility index (Phi) is 5.50. The number of hydrogen-bond donors (Lipinski definition) is 1. The molecule has 3 unspecified atom stereocenters. The summed E-state index contributed by atoms with van der Waals surface area (Å²) >= 11 is 0. The van der Waals surface area contributed by atoms with E-state index in [1.165, 1.54) is 58.4 Å². The minimum atomic E-state index is 0.779. The first kappa shape index (κ1) is 14.3. The van der Waals surface area contributed by atoms with Crippen molar-refractivity contribution in [1.82, 2.24) is 10.2 Å². The molecule has 18 heavy (non-hydrogen) atoms. The van der Waals surface area contributed by atoms with E-state index in [0.29, 0.717) is 0 Å². The Morgan fingerprint density at radius 1 is 1.22 bits per heavy atom. The van der Waals surface area contributed by atoms with Crippen LogP contribution in [-0.4, -0.2) is 37.6 Å². The van der Waals surface area contributed by atoms with Crippen LogP contribution in [-0.2, 0) is 0 Å². The van der Waals surface area contributed by atoms with Gasteiger partial charge in [0.2, 0.25) is 0 Å². The van der Waals surface area contributed by atoms with Gasteiger partial charge in [-0.2, -0.15) is 0 Å². The van der Waals surface area contributed by atoms with Crippen molar-refractivity contribution >= 4 is 0 Å². The van der Waals surface area contributed by atoms with Gasteiger partial charge in [-0.15, -0.1) is 0 Å². The van der Waals surface area contributed by atoms with Gasteiger partial charge in [0.1, 0.15) is 0 Å². The largest absolute Gasteiger partial charge is 0.316 e. The third kappa shape index (κ3) is 4.24. The van der Waals surface area contributed by atoms with E-state index in [9.17, 15) is 0 Å². The second-order valence-electron chi connectivity index (χ2n) is 7.13. The van der Waals surface area contributed by atoms with Crippen LogP contribution in [0.2, 0.25) is 0 Å². The summed E-state index contributed by atoms with van der Waals surface area (Å²) in [6.07, 6.45) is 5.83. The SMILES string of the molecule is CC(C)CNCC1CCN(CC2CCCC2C)C1. The minimum Gasteiger partial charge on any atom is -0.316 e. The molecular weight excluding hydrogens is 220 g/mol. The molecule has 2 fully saturated rings. The predicted octanol–water partition coefficient (Wildman–Crippen LogP) is 2.99. The summed E-state index contributed by atoms with van der Waals surface area (Å²) in [5.41, 5.74) is 0. The summed E-state index contributed by atoms with van der Waals surface area (Å²) in [6, 6.07) is 0. The van der Waals surface area contributed by atoms with Crippen molar-refractivity contribution in [2.24, 2.45) is 23.7 Å². The smallest absolute Gasteiger partial charge is 0.00224 e. The molecule has 2 aliphatic rings. The number of nitrogens with one attached hydrogen (secondary N) is 1. The first-order valence-electron chi connectivity index (χ1n) is 8.08. The van der Waals surface area contributed by atoms with Gasteiger partial charge in [0.05, 0.1) is 0 Å². The van der Waals surface area contributed by atoms with E-state index in [2.05, 4.69) is 31.0 Å². The Hall–Kier alpha value is -0.0800. The highest BCUT2D eigenvalue weighted by Crippen LogP contribution is 2.32. The van der Waals surface area contributed by atoms with E-state index in [1.54, 1.807) is 0 Å². The van der Waals surface area contributed by atoms with E-state index in [-0.39, 0.29) is 0 Å². The molecule has 0 aromatic carbocycles. The second-order valence-corrected chi connectivity index (χ2v) is 7.13. The van der Waals surface area contributed by atoms with Crippen LogP contribution in [0.5, 0.6) is 0 Å². The third-order valence-electron chi connectivity index (χ3n) is 4.89. The van der Waals surface area contributed by atoms with E-state index in [0.717, 1.165) is 23.7 Å². The average Bonchev–Trinajstić information content (AvgIpc) is 2.90. The molecule has 106 valence electrons. The van der Waals surface area contributed by atoms with Crippen molar-refractivity contribution in [2.75, 3.05) is 32.7 Å². The lowest BCUT2D eigenvalue weighted by Crippen LogP contribution is -2.31. The molecule has 0 radical (unpaired) electrons. The molecule has 1 aliphatic carbocycles. The summed E-state index contributed by atoms with van der Waals surface area (Å²) in [4.78, 5) is 2.73. The molecule has 1 saturated heterocycles. The van der Waals surface area contributed by atoms with Crippen LogP contribution in [0.25, 0.3) is 0 Å². The normalized spacial score (nSPS) is 33.7. The van der Waals surface area contributed by atoms with Gasteiger partial charge in [-0.3, -0.25) is 0 Å². The zero-order chi connectivity index (χ0) is 13.0. The molecule has 1 N–H and O–H groups in total. The Morgan fingerprint density at radius 3 is 2.72 bits per heavy atom.